The summed E-state index contributed by atoms with van der Waals surface area (Å²) in [6.07, 6.45) is 5.14. The number of carbonyl (C=O) groups excluding carboxylic acids is 2. The van der Waals surface area contributed by atoms with Gasteiger partial charge in [0.05, 0.1) is 37.0 Å². The molecule has 0 saturated heterocycles. The number of ether oxygens (including phenoxy) is 3. The van der Waals surface area contributed by atoms with Crippen molar-refractivity contribution in [2.45, 2.75) is 26.0 Å². The van der Waals surface area contributed by atoms with Gasteiger partial charge in [0.2, 0.25) is 0 Å². The van der Waals surface area contributed by atoms with Crippen LogP contribution in [0.4, 0.5) is 0 Å². The van der Waals surface area contributed by atoms with Crippen LogP contribution < -0.4 is 0 Å². The van der Waals surface area contributed by atoms with Crippen LogP contribution >= 0.6 is 0 Å². The largest absolute Gasteiger partial charge is 0.462 e. The first kappa shape index (κ1) is 19.2. The van der Waals surface area contributed by atoms with Crippen LogP contribution in [0.2, 0.25) is 0 Å². The van der Waals surface area contributed by atoms with Crippen LogP contribution in [0.1, 0.15) is 13.8 Å². The van der Waals surface area contributed by atoms with E-state index in [1.165, 1.54) is 18.2 Å². The normalized spacial score (nSPS) is 22.9. The first-order valence-electron chi connectivity index (χ1n) is 8.09. The van der Waals surface area contributed by atoms with E-state index in [-0.39, 0.29) is 24.5 Å². The van der Waals surface area contributed by atoms with Gasteiger partial charge in [-0.05, 0) is 19.9 Å². The molecular formula is C18H19N3O5. The maximum Gasteiger partial charge on any atom is 0.355 e. The van der Waals surface area contributed by atoms with Crippen molar-refractivity contribution in [3.05, 3.63) is 35.7 Å². The molecule has 0 N–H and O–H groups in total. The fourth-order valence-corrected chi connectivity index (χ4v) is 3.13. The monoisotopic (exact) mass is 357 g/mol. The van der Waals surface area contributed by atoms with E-state index in [1.54, 1.807) is 32.1 Å². The molecule has 0 fully saturated rings. The number of fused-ring (bicyclic) bond motifs is 1. The molecule has 0 amide bonds. The minimum absolute atomic E-state index is 0.0557. The third-order valence-electron chi connectivity index (χ3n) is 4.18. The predicted octanol–water partition coefficient (Wildman–Crippen LogP) is 1.18. The van der Waals surface area contributed by atoms with Crippen LogP contribution in [0, 0.1) is 28.1 Å². The molecule has 0 bridgehead atoms. The van der Waals surface area contributed by atoms with Gasteiger partial charge in [0, 0.05) is 13.3 Å². The number of nitrogens with zero attached hydrogens (tertiary/aromatic N) is 3. The molecule has 2 aliphatic heterocycles. The minimum Gasteiger partial charge on any atom is -0.462 e. The van der Waals surface area contributed by atoms with Crippen LogP contribution in [0.25, 0.3) is 0 Å². The zero-order valence-corrected chi connectivity index (χ0v) is 14.8. The van der Waals surface area contributed by atoms with Crippen molar-refractivity contribution >= 4 is 11.9 Å². The van der Waals surface area contributed by atoms with Crippen molar-refractivity contribution in [3.63, 3.8) is 0 Å². The first-order chi connectivity index (χ1) is 12.5. The molecule has 2 rings (SSSR count). The molecule has 0 radical (unpaired) electrons. The number of rotatable bonds is 5. The van der Waals surface area contributed by atoms with Crippen molar-refractivity contribution in [2.24, 2.45) is 5.41 Å². The number of hydrogen-bond donors (Lipinski definition) is 0. The molecule has 0 aromatic rings. The van der Waals surface area contributed by atoms with Gasteiger partial charge in [-0.2, -0.15) is 10.5 Å². The SMILES string of the molecule is CCOC(=O)C1=C(C(=O)OCC)N2C=CC=C[C@@H]2C(C#N)(C#N)[C@H]1OC. The quantitative estimate of drug-likeness (QED) is 0.674. The zero-order chi connectivity index (χ0) is 19.3. The summed E-state index contributed by atoms with van der Waals surface area (Å²) in [5, 5.41) is 19.6. The third kappa shape index (κ3) is 2.85. The van der Waals surface area contributed by atoms with Crippen molar-refractivity contribution < 1.29 is 23.8 Å². The van der Waals surface area contributed by atoms with Crippen LogP contribution in [-0.4, -0.2) is 49.3 Å². The van der Waals surface area contributed by atoms with Gasteiger partial charge < -0.3 is 19.1 Å². The Labute approximate surface area is 151 Å². The summed E-state index contributed by atoms with van der Waals surface area (Å²) in [6.45, 7) is 3.40. The number of allylic oxidation sites excluding steroid dienone is 2. The Morgan fingerprint density at radius 2 is 1.77 bits per heavy atom. The van der Waals surface area contributed by atoms with Gasteiger partial charge in [-0.15, -0.1) is 0 Å². The van der Waals surface area contributed by atoms with E-state index in [0.717, 1.165) is 0 Å². The Kier molecular flexibility index (Phi) is 5.81. The molecule has 0 saturated carbocycles. The summed E-state index contributed by atoms with van der Waals surface area (Å²) in [5.41, 5.74) is -2.05. The van der Waals surface area contributed by atoms with Crippen LogP contribution in [0.5, 0.6) is 0 Å². The molecule has 2 aliphatic rings. The van der Waals surface area contributed by atoms with Crippen molar-refractivity contribution in [2.75, 3.05) is 20.3 Å². The molecule has 26 heavy (non-hydrogen) atoms. The van der Waals surface area contributed by atoms with Gasteiger partial charge in [-0.3, -0.25) is 0 Å². The number of methoxy groups -OCH3 is 1. The molecule has 8 nitrogen and oxygen atoms in total. The Balaban J connectivity index is 2.81. The van der Waals surface area contributed by atoms with Crippen LogP contribution in [-0.2, 0) is 23.8 Å². The molecule has 0 spiro atoms. The molecule has 0 unspecified atom stereocenters. The van der Waals surface area contributed by atoms with E-state index in [1.807, 2.05) is 12.1 Å². The van der Waals surface area contributed by atoms with Gasteiger partial charge in [0.25, 0.3) is 0 Å². The lowest BCUT2D eigenvalue weighted by Gasteiger charge is -2.46. The molecular weight excluding hydrogens is 338 g/mol. The lowest BCUT2D eigenvalue weighted by atomic mass is 9.70. The fraction of sp³-hybridized carbons (Fsp3) is 0.444. The Morgan fingerprint density at radius 1 is 1.15 bits per heavy atom. The van der Waals surface area contributed by atoms with Crippen molar-refractivity contribution in [1.82, 2.24) is 4.90 Å². The summed E-state index contributed by atoms with van der Waals surface area (Å²) < 4.78 is 15.5. The highest BCUT2D eigenvalue weighted by molar-refractivity contribution is 6.02. The number of carbonyl (C=O) groups is 2. The first-order valence-corrected chi connectivity index (χ1v) is 8.09. The van der Waals surface area contributed by atoms with E-state index in [9.17, 15) is 20.1 Å². The fourth-order valence-electron chi connectivity index (χ4n) is 3.13. The second kappa shape index (κ2) is 7.85. The van der Waals surface area contributed by atoms with Gasteiger partial charge >= 0.3 is 11.9 Å². The maximum absolute atomic E-state index is 12.6. The standard InChI is InChI=1S/C18H19N3O5/c1-4-25-16(22)13-14(17(23)26-5-2)21-9-7-6-8-12(21)18(10-19,11-20)15(13)24-3/h6-9,12,15H,4-5H2,1-3H3/t12-,15+/m1/s1. The number of esters is 2. The Morgan fingerprint density at radius 3 is 2.31 bits per heavy atom. The Hall–Kier alpha value is -3.10. The second-order valence-electron chi connectivity index (χ2n) is 5.49. The molecule has 0 aromatic heterocycles. The van der Waals surface area contributed by atoms with E-state index < -0.39 is 29.5 Å². The summed E-state index contributed by atoms with van der Waals surface area (Å²) in [5.74, 6) is -1.59. The lowest BCUT2D eigenvalue weighted by Crippen LogP contribution is -2.58. The topological polar surface area (TPSA) is 113 Å². The Bertz CT molecular complexity index is 755. The predicted molar refractivity (Wildman–Crippen MR) is 88.7 cm³/mol. The van der Waals surface area contributed by atoms with E-state index in [0.29, 0.717) is 0 Å². The highest BCUT2D eigenvalue weighted by Gasteiger charge is 2.58. The molecule has 0 aromatic carbocycles. The van der Waals surface area contributed by atoms with Crippen LogP contribution in [0.15, 0.2) is 35.7 Å². The van der Waals surface area contributed by atoms with Crippen molar-refractivity contribution in [1.29, 1.82) is 10.5 Å². The summed E-state index contributed by atoms with van der Waals surface area (Å²) in [6, 6.07) is 3.13. The zero-order valence-electron chi connectivity index (χ0n) is 14.8. The van der Waals surface area contributed by atoms with E-state index in [4.69, 9.17) is 14.2 Å². The van der Waals surface area contributed by atoms with E-state index >= 15 is 0 Å². The molecule has 8 heteroatoms. The van der Waals surface area contributed by atoms with Crippen LogP contribution in [0.3, 0.4) is 0 Å². The highest BCUT2D eigenvalue weighted by atomic mass is 16.5. The molecule has 2 heterocycles. The maximum atomic E-state index is 12.6. The number of nitriles is 2. The van der Waals surface area contributed by atoms with E-state index in [2.05, 4.69) is 0 Å². The van der Waals surface area contributed by atoms with Crippen molar-refractivity contribution in [3.8, 4) is 12.1 Å². The third-order valence-corrected chi connectivity index (χ3v) is 4.18. The minimum atomic E-state index is -1.76. The molecule has 2 atom stereocenters. The smallest absolute Gasteiger partial charge is 0.355 e. The average molecular weight is 357 g/mol. The molecule has 136 valence electrons. The van der Waals surface area contributed by atoms with Gasteiger partial charge in [-0.25, -0.2) is 9.59 Å². The summed E-state index contributed by atoms with van der Waals surface area (Å²) in [7, 11) is 1.27. The summed E-state index contributed by atoms with van der Waals surface area (Å²) in [4.78, 5) is 26.6. The second-order valence-corrected chi connectivity index (χ2v) is 5.49. The summed E-state index contributed by atoms with van der Waals surface area (Å²) >= 11 is 0. The average Bonchev–Trinajstić information content (AvgIpc) is 2.66. The van der Waals surface area contributed by atoms with Gasteiger partial charge in [0.1, 0.15) is 11.8 Å². The highest BCUT2D eigenvalue weighted by Crippen LogP contribution is 2.44. The lowest BCUT2D eigenvalue weighted by molar-refractivity contribution is -0.146. The number of hydrogen-bond acceptors (Lipinski definition) is 8. The molecule has 0 aliphatic carbocycles. The van der Waals surface area contributed by atoms with Gasteiger partial charge in [0.15, 0.2) is 5.41 Å². The van der Waals surface area contributed by atoms with Gasteiger partial charge in [-0.1, -0.05) is 12.2 Å².